The standard InChI is InChI=1S/C29H27NO7S/c1-4-36-28(32)16(2)29(3)26-21-9-8-20(38(33,34)35)13-17(21)6-10-23(26)30-12-11-24-22(27(29)30)14-18-5-7-19(31)15-25(18)37-24/h5-10,13-16,24H,4,11-12H2,1-3H3,(H,33,34,35). The first-order chi connectivity index (χ1) is 18.0. The van der Waals surface area contributed by atoms with Crippen LogP contribution in [0.3, 0.4) is 0 Å². The van der Waals surface area contributed by atoms with Gasteiger partial charge in [0, 0.05) is 47.0 Å². The number of fused-ring (bicyclic) bond motifs is 7. The number of hydrogen-bond donors (Lipinski definition) is 1. The predicted molar refractivity (Wildman–Crippen MR) is 141 cm³/mol. The minimum Gasteiger partial charge on any atom is -0.485 e. The molecule has 0 saturated carbocycles. The molecule has 3 unspecified atom stereocenters. The van der Waals surface area contributed by atoms with Gasteiger partial charge in [-0.25, -0.2) is 0 Å². The van der Waals surface area contributed by atoms with Crippen LogP contribution in [0.2, 0.25) is 0 Å². The number of allylic oxidation sites excluding steroid dienone is 4. The Hall–Kier alpha value is -3.69. The van der Waals surface area contributed by atoms with Gasteiger partial charge < -0.3 is 14.4 Å². The van der Waals surface area contributed by atoms with E-state index in [1.807, 2.05) is 32.1 Å². The van der Waals surface area contributed by atoms with Gasteiger partial charge in [0.15, 0.2) is 5.78 Å². The maximum Gasteiger partial charge on any atom is 0.309 e. The molecule has 0 radical (unpaired) electrons. The van der Waals surface area contributed by atoms with E-state index in [0.717, 1.165) is 33.5 Å². The highest BCUT2D eigenvalue weighted by molar-refractivity contribution is 7.85. The summed E-state index contributed by atoms with van der Waals surface area (Å²) >= 11 is 0. The van der Waals surface area contributed by atoms with Crippen LogP contribution < -0.4 is 4.90 Å². The van der Waals surface area contributed by atoms with Gasteiger partial charge in [0.05, 0.1) is 17.4 Å². The quantitative estimate of drug-likeness (QED) is 0.456. The summed E-state index contributed by atoms with van der Waals surface area (Å²) in [6.07, 6.45) is 7.21. The van der Waals surface area contributed by atoms with E-state index in [1.54, 1.807) is 19.1 Å². The summed E-state index contributed by atoms with van der Waals surface area (Å²) < 4.78 is 45.1. The molecule has 0 aromatic heterocycles. The Bertz CT molecular complexity index is 1660. The van der Waals surface area contributed by atoms with Crippen LogP contribution in [0.15, 0.2) is 82.1 Å². The third-order valence-corrected chi connectivity index (χ3v) is 9.00. The molecule has 3 heterocycles. The summed E-state index contributed by atoms with van der Waals surface area (Å²) in [5.74, 6) is -0.481. The van der Waals surface area contributed by atoms with E-state index in [1.165, 1.54) is 24.3 Å². The summed E-state index contributed by atoms with van der Waals surface area (Å²) in [5.41, 5.74) is 3.67. The van der Waals surface area contributed by atoms with Crippen molar-refractivity contribution in [2.24, 2.45) is 5.92 Å². The lowest BCUT2D eigenvalue weighted by Gasteiger charge is -2.42. The second kappa shape index (κ2) is 8.41. The summed E-state index contributed by atoms with van der Waals surface area (Å²) in [7, 11) is -4.38. The Balaban J connectivity index is 1.65. The molecule has 2 aromatic carbocycles. The smallest absolute Gasteiger partial charge is 0.309 e. The molecule has 4 aliphatic rings. The Labute approximate surface area is 220 Å². The van der Waals surface area contributed by atoms with Gasteiger partial charge in [-0.3, -0.25) is 14.1 Å². The fourth-order valence-corrected chi connectivity index (χ4v) is 6.77. The zero-order valence-electron chi connectivity index (χ0n) is 21.2. The first-order valence-electron chi connectivity index (χ1n) is 12.6. The Morgan fingerprint density at radius 3 is 2.76 bits per heavy atom. The summed E-state index contributed by atoms with van der Waals surface area (Å²) in [6.45, 7) is 6.54. The number of ether oxygens (including phenoxy) is 2. The van der Waals surface area contributed by atoms with Gasteiger partial charge in [-0.15, -0.1) is 0 Å². The monoisotopic (exact) mass is 533 g/mol. The Morgan fingerprint density at radius 1 is 1.24 bits per heavy atom. The highest BCUT2D eigenvalue weighted by Crippen LogP contribution is 2.58. The molecule has 6 rings (SSSR count). The van der Waals surface area contributed by atoms with E-state index in [4.69, 9.17) is 9.47 Å². The third kappa shape index (κ3) is 3.49. The van der Waals surface area contributed by atoms with Crippen LogP contribution >= 0.6 is 0 Å². The second-order valence-electron chi connectivity index (χ2n) is 10.2. The molecule has 8 nitrogen and oxygen atoms in total. The van der Waals surface area contributed by atoms with E-state index in [-0.39, 0.29) is 29.4 Å². The van der Waals surface area contributed by atoms with Crippen molar-refractivity contribution in [1.29, 1.82) is 0 Å². The van der Waals surface area contributed by atoms with Crippen LogP contribution in [0.4, 0.5) is 5.69 Å². The van der Waals surface area contributed by atoms with Gasteiger partial charge >= 0.3 is 5.97 Å². The highest BCUT2D eigenvalue weighted by Gasteiger charge is 2.54. The molecular weight excluding hydrogens is 506 g/mol. The summed E-state index contributed by atoms with van der Waals surface area (Å²) in [4.78, 5) is 27.3. The van der Waals surface area contributed by atoms with Gasteiger partial charge in [-0.2, -0.15) is 8.42 Å². The van der Waals surface area contributed by atoms with Crippen LogP contribution in [0, 0.1) is 5.92 Å². The molecule has 9 heteroatoms. The molecule has 38 heavy (non-hydrogen) atoms. The van der Waals surface area contributed by atoms with Crippen molar-refractivity contribution in [2.75, 3.05) is 18.1 Å². The lowest BCUT2D eigenvalue weighted by Crippen LogP contribution is -2.44. The fourth-order valence-electron chi connectivity index (χ4n) is 6.25. The molecule has 3 atom stereocenters. The summed E-state index contributed by atoms with van der Waals surface area (Å²) in [6, 6.07) is 8.31. The van der Waals surface area contributed by atoms with Crippen molar-refractivity contribution in [1.82, 2.24) is 0 Å². The largest absolute Gasteiger partial charge is 0.485 e. The molecule has 1 N–H and O–H groups in total. The molecule has 0 bridgehead atoms. The lowest BCUT2D eigenvalue weighted by molar-refractivity contribution is -0.149. The molecule has 0 spiro atoms. The first-order valence-corrected chi connectivity index (χ1v) is 14.0. The van der Waals surface area contributed by atoms with Gasteiger partial charge in [0.25, 0.3) is 10.1 Å². The van der Waals surface area contributed by atoms with E-state index in [9.17, 15) is 22.6 Å². The number of carbonyl (C=O) groups is 2. The SMILES string of the molecule is CCOC(=O)C(C)C1(C)C2=C3C=C4C=CC(=O)C=C4OC3CCN2c2ccc3cc(S(=O)(=O)O)ccc3c21. The second-order valence-corrected chi connectivity index (χ2v) is 11.6. The van der Waals surface area contributed by atoms with Crippen molar-refractivity contribution < 1.29 is 32.0 Å². The number of benzene rings is 2. The van der Waals surface area contributed by atoms with Crippen molar-refractivity contribution in [3.8, 4) is 0 Å². The number of rotatable bonds is 4. The van der Waals surface area contributed by atoms with Crippen LogP contribution in [0.1, 0.15) is 32.8 Å². The van der Waals surface area contributed by atoms with Crippen LogP contribution in [-0.2, 0) is 34.6 Å². The van der Waals surface area contributed by atoms with Crippen molar-refractivity contribution >= 4 is 38.3 Å². The zero-order chi connectivity index (χ0) is 27.0. The molecule has 196 valence electrons. The Kier molecular flexibility index (Phi) is 5.45. The van der Waals surface area contributed by atoms with Crippen molar-refractivity contribution in [3.05, 3.63) is 82.8 Å². The van der Waals surface area contributed by atoms with Gasteiger partial charge in [-0.05, 0) is 66.6 Å². The molecule has 0 fully saturated rings. The van der Waals surface area contributed by atoms with E-state index >= 15 is 0 Å². The minimum atomic E-state index is -4.38. The number of hydrogen-bond acceptors (Lipinski definition) is 7. The topological polar surface area (TPSA) is 110 Å². The average molecular weight is 534 g/mol. The van der Waals surface area contributed by atoms with Crippen molar-refractivity contribution in [3.63, 3.8) is 0 Å². The zero-order valence-corrected chi connectivity index (χ0v) is 22.0. The van der Waals surface area contributed by atoms with Crippen molar-refractivity contribution in [2.45, 2.75) is 43.6 Å². The third-order valence-electron chi connectivity index (χ3n) is 8.15. The van der Waals surface area contributed by atoms with E-state index in [2.05, 4.69) is 4.90 Å². The molecule has 2 aromatic rings. The van der Waals surface area contributed by atoms with E-state index < -0.39 is 21.5 Å². The Morgan fingerprint density at radius 2 is 2.03 bits per heavy atom. The minimum absolute atomic E-state index is 0.115. The maximum atomic E-state index is 13.3. The lowest BCUT2D eigenvalue weighted by atomic mass is 9.68. The number of esters is 1. The number of anilines is 1. The predicted octanol–water partition coefficient (Wildman–Crippen LogP) is 4.37. The highest BCUT2D eigenvalue weighted by atomic mass is 32.2. The molecule has 0 amide bonds. The molecule has 3 aliphatic heterocycles. The van der Waals surface area contributed by atoms with Gasteiger partial charge in [0.2, 0.25) is 0 Å². The normalized spacial score (nSPS) is 24.6. The molecule has 0 saturated heterocycles. The van der Waals surface area contributed by atoms with Crippen LogP contribution in [-0.4, -0.2) is 44.0 Å². The number of nitrogens with zero attached hydrogens (tertiary/aromatic N) is 1. The maximum absolute atomic E-state index is 13.3. The van der Waals surface area contributed by atoms with E-state index in [0.29, 0.717) is 24.1 Å². The van der Waals surface area contributed by atoms with Crippen LogP contribution in [0.5, 0.6) is 0 Å². The summed E-state index contributed by atoms with van der Waals surface area (Å²) in [5, 5.41) is 1.43. The van der Waals surface area contributed by atoms with Gasteiger partial charge in [0.1, 0.15) is 11.9 Å². The average Bonchev–Trinajstić information content (AvgIpc) is 3.16. The fraction of sp³-hybridized carbons (Fsp3) is 0.310. The molecular formula is C29H27NO7S. The number of carbonyl (C=O) groups excluding carboxylic acids is 2. The van der Waals surface area contributed by atoms with Gasteiger partial charge in [-0.1, -0.05) is 19.1 Å². The number of ketones is 1. The molecule has 1 aliphatic carbocycles. The van der Waals surface area contributed by atoms with Crippen LogP contribution in [0.25, 0.3) is 10.8 Å². The first kappa shape index (κ1) is 24.6.